The lowest BCUT2D eigenvalue weighted by molar-refractivity contribution is -0.129. The van der Waals surface area contributed by atoms with Gasteiger partial charge in [0.05, 0.1) is 12.2 Å². The third-order valence-corrected chi connectivity index (χ3v) is 5.11. The van der Waals surface area contributed by atoms with Crippen LogP contribution in [0.2, 0.25) is 0 Å². The van der Waals surface area contributed by atoms with E-state index in [2.05, 4.69) is 10.0 Å². The highest BCUT2D eigenvalue weighted by Crippen LogP contribution is 2.20. The van der Waals surface area contributed by atoms with Crippen LogP contribution < -0.4 is 10.0 Å². The summed E-state index contributed by atoms with van der Waals surface area (Å²) in [5.74, 6) is -0.581. The number of amides is 2. The van der Waals surface area contributed by atoms with E-state index in [1.165, 1.54) is 0 Å². The monoisotopic (exact) mass is 401 g/mol. The summed E-state index contributed by atoms with van der Waals surface area (Å²) in [5.41, 5.74) is 2.25. The third-order valence-electron chi connectivity index (χ3n) is 4.50. The predicted octanol–water partition coefficient (Wildman–Crippen LogP) is 1.72. The molecule has 1 heterocycles. The lowest BCUT2D eigenvalue weighted by Gasteiger charge is -2.16. The lowest BCUT2D eigenvalue weighted by atomic mass is 10.1. The highest BCUT2D eigenvalue weighted by Gasteiger charge is 2.34. The first-order valence-electron chi connectivity index (χ1n) is 8.96. The molecule has 0 radical (unpaired) electrons. The Balaban J connectivity index is 1.54. The predicted molar refractivity (Wildman–Crippen MR) is 107 cm³/mol. The van der Waals surface area contributed by atoms with Crippen LogP contribution in [0.3, 0.4) is 0 Å². The summed E-state index contributed by atoms with van der Waals surface area (Å²) in [7, 11) is -3.36. The Bertz CT molecular complexity index is 960. The van der Waals surface area contributed by atoms with Gasteiger partial charge in [0.15, 0.2) is 0 Å². The SMILES string of the molecule is CS(=O)(=O)Nc1cccc(CNC(=O)C2CC(=O)N(Cc3ccccc3)C2)c1. The molecule has 1 unspecified atom stereocenters. The van der Waals surface area contributed by atoms with Crippen LogP contribution in [-0.2, 0) is 32.7 Å². The second kappa shape index (κ2) is 8.43. The van der Waals surface area contributed by atoms with Gasteiger partial charge in [0, 0.05) is 31.7 Å². The van der Waals surface area contributed by atoms with E-state index in [1.54, 1.807) is 29.2 Å². The zero-order chi connectivity index (χ0) is 20.1. The zero-order valence-corrected chi connectivity index (χ0v) is 16.4. The van der Waals surface area contributed by atoms with Crippen LogP contribution in [0.1, 0.15) is 17.5 Å². The topological polar surface area (TPSA) is 95.6 Å². The van der Waals surface area contributed by atoms with Gasteiger partial charge in [-0.15, -0.1) is 0 Å². The molecular formula is C20H23N3O4S. The van der Waals surface area contributed by atoms with Gasteiger partial charge in [-0.2, -0.15) is 0 Å². The minimum atomic E-state index is -3.36. The van der Waals surface area contributed by atoms with Crippen molar-refractivity contribution >= 4 is 27.5 Å². The maximum atomic E-state index is 12.5. The summed E-state index contributed by atoms with van der Waals surface area (Å²) in [6, 6.07) is 16.5. The number of carbonyl (C=O) groups is 2. The molecule has 7 nitrogen and oxygen atoms in total. The Morgan fingerprint density at radius 1 is 1.11 bits per heavy atom. The molecule has 1 saturated heterocycles. The van der Waals surface area contributed by atoms with Gasteiger partial charge in [-0.1, -0.05) is 42.5 Å². The quantitative estimate of drug-likeness (QED) is 0.739. The normalized spacial score (nSPS) is 16.8. The van der Waals surface area contributed by atoms with Crippen LogP contribution in [0, 0.1) is 5.92 Å². The fourth-order valence-corrected chi connectivity index (χ4v) is 3.75. The Hall–Kier alpha value is -2.87. The first kappa shape index (κ1) is 19.9. The van der Waals surface area contributed by atoms with Crippen molar-refractivity contribution in [2.24, 2.45) is 5.92 Å². The Kier molecular flexibility index (Phi) is 5.99. The van der Waals surface area contributed by atoms with Gasteiger partial charge in [-0.25, -0.2) is 8.42 Å². The summed E-state index contributed by atoms with van der Waals surface area (Å²) in [5, 5.41) is 2.84. The smallest absolute Gasteiger partial charge is 0.229 e. The average Bonchev–Trinajstić information content (AvgIpc) is 3.00. The van der Waals surface area contributed by atoms with E-state index in [4.69, 9.17) is 0 Å². The minimum absolute atomic E-state index is 0.0247. The number of rotatable bonds is 7. The van der Waals surface area contributed by atoms with Crippen LogP contribution in [0.4, 0.5) is 5.69 Å². The molecule has 28 heavy (non-hydrogen) atoms. The van der Waals surface area contributed by atoms with E-state index in [1.807, 2.05) is 30.3 Å². The van der Waals surface area contributed by atoms with Crippen molar-refractivity contribution in [2.45, 2.75) is 19.5 Å². The fourth-order valence-electron chi connectivity index (χ4n) is 3.20. The molecule has 2 aromatic carbocycles. The number of benzene rings is 2. The largest absolute Gasteiger partial charge is 0.352 e. The molecule has 0 bridgehead atoms. The molecule has 0 aliphatic carbocycles. The number of anilines is 1. The van der Waals surface area contributed by atoms with E-state index >= 15 is 0 Å². The van der Waals surface area contributed by atoms with Crippen LogP contribution in [0.15, 0.2) is 54.6 Å². The number of sulfonamides is 1. The molecule has 1 aliphatic rings. The Morgan fingerprint density at radius 3 is 2.54 bits per heavy atom. The van der Waals surface area contributed by atoms with Gasteiger partial charge in [0.2, 0.25) is 21.8 Å². The van der Waals surface area contributed by atoms with Gasteiger partial charge in [-0.05, 0) is 23.3 Å². The maximum absolute atomic E-state index is 12.5. The van der Waals surface area contributed by atoms with Gasteiger partial charge >= 0.3 is 0 Å². The molecule has 0 spiro atoms. The second-order valence-electron chi connectivity index (χ2n) is 6.95. The first-order valence-corrected chi connectivity index (χ1v) is 10.9. The molecule has 2 N–H and O–H groups in total. The van der Waals surface area contributed by atoms with Gasteiger partial charge in [0.25, 0.3) is 0 Å². The summed E-state index contributed by atoms with van der Waals surface area (Å²) in [6.07, 6.45) is 1.29. The summed E-state index contributed by atoms with van der Waals surface area (Å²) >= 11 is 0. The summed E-state index contributed by atoms with van der Waals surface area (Å²) < 4.78 is 25.1. The highest BCUT2D eigenvalue weighted by molar-refractivity contribution is 7.92. The van der Waals surface area contributed by atoms with Gasteiger partial charge in [0.1, 0.15) is 0 Å². The number of hydrogen-bond acceptors (Lipinski definition) is 4. The molecule has 1 atom stereocenters. The molecule has 148 valence electrons. The van der Waals surface area contributed by atoms with Crippen molar-refractivity contribution in [3.05, 3.63) is 65.7 Å². The van der Waals surface area contributed by atoms with Crippen molar-refractivity contribution in [1.29, 1.82) is 0 Å². The molecule has 3 rings (SSSR count). The van der Waals surface area contributed by atoms with E-state index < -0.39 is 10.0 Å². The average molecular weight is 401 g/mol. The number of nitrogens with one attached hydrogen (secondary N) is 2. The van der Waals surface area contributed by atoms with Crippen molar-refractivity contribution in [3.63, 3.8) is 0 Å². The van der Waals surface area contributed by atoms with E-state index in [9.17, 15) is 18.0 Å². The van der Waals surface area contributed by atoms with Crippen LogP contribution in [0.25, 0.3) is 0 Å². The summed E-state index contributed by atoms with van der Waals surface area (Å²) in [6.45, 7) is 1.17. The minimum Gasteiger partial charge on any atom is -0.352 e. The van der Waals surface area contributed by atoms with Crippen molar-refractivity contribution in [2.75, 3.05) is 17.5 Å². The maximum Gasteiger partial charge on any atom is 0.229 e. The zero-order valence-electron chi connectivity index (χ0n) is 15.6. The molecule has 8 heteroatoms. The fraction of sp³-hybridized carbons (Fsp3) is 0.300. The first-order chi connectivity index (χ1) is 13.3. The number of likely N-dealkylation sites (tertiary alicyclic amines) is 1. The third kappa shape index (κ3) is 5.56. The number of nitrogens with zero attached hydrogens (tertiary/aromatic N) is 1. The van der Waals surface area contributed by atoms with Gasteiger partial charge < -0.3 is 10.2 Å². The molecule has 0 aromatic heterocycles. The molecule has 2 amide bonds. The standard InChI is InChI=1S/C20H23N3O4S/c1-28(26,27)22-18-9-5-8-16(10-18)12-21-20(25)17-11-19(24)23(14-17)13-15-6-3-2-4-7-15/h2-10,17,22H,11-14H2,1H3,(H,21,25). The molecular weight excluding hydrogens is 378 g/mol. The van der Waals surface area contributed by atoms with Crippen molar-refractivity contribution in [3.8, 4) is 0 Å². The van der Waals surface area contributed by atoms with Crippen molar-refractivity contribution in [1.82, 2.24) is 10.2 Å². The summed E-state index contributed by atoms with van der Waals surface area (Å²) in [4.78, 5) is 26.4. The van der Waals surface area contributed by atoms with E-state index in [0.29, 0.717) is 18.8 Å². The van der Waals surface area contributed by atoms with Crippen molar-refractivity contribution < 1.29 is 18.0 Å². The van der Waals surface area contributed by atoms with Crippen LogP contribution in [0.5, 0.6) is 0 Å². The van der Waals surface area contributed by atoms with Crippen LogP contribution in [-0.4, -0.2) is 37.9 Å². The molecule has 0 saturated carbocycles. The molecule has 2 aromatic rings. The number of carbonyl (C=O) groups excluding carboxylic acids is 2. The van der Waals surface area contributed by atoms with E-state index in [0.717, 1.165) is 17.4 Å². The second-order valence-corrected chi connectivity index (χ2v) is 8.70. The van der Waals surface area contributed by atoms with Crippen LogP contribution >= 0.6 is 0 Å². The van der Waals surface area contributed by atoms with E-state index in [-0.39, 0.29) is 30.7 Å². The lowest BCUT2D eigenvalue weighted by Crippen LogP contribution is -2.32. The highest BCUT2D eigenvalue weighted by atomic mass is 32.2. The molecule has 1 fully saturated rings. The van der Waals surface area contributed by atoms with Gasteiger partial charge in [-0.3, -0.25) is 14.3 Å². The number of hydrogen-bond donors (Lipinski definition) is 2. The Morgan fingerprint density at radius 2 is 1.82 bits per heavy atom. The Labute approximate surface area is 164 Å². The molecule has 1 aliphatic heterocycles.